The van der Waals surface area contributed by atoms with Crippen molar-refractivity contribution in [1.29, 1.82) is 0 Å². The first kappa shape index (κ1) is 76.1. The Morgan fingerprint density at radius 3 is 1.36 bits per heavy atom. The van der Waals surface area contributed by atoms with E-state index in [1.54, 1.807) is 153 Å². The molecule has 7 aromatic rings. The lowest BCUT2D eigenvalue weighted by Gasteiger charge is -2.48. The lowest BCUT2D eigenvalue weighted by molar-refractivity contribution is -0.333. The molecule has 0 saturated carbocycles. The first-order valence-corrected chi connectivity index (χ1v) is 39.6. The third-order valence-corrected chi connectivity index (χ3v) is 23.9. The van der Waals surface area contributed by atoms with Crippen LogP contribution in [0.25, 0.3) is 0 Å². The van der Waals surface area contributed by atoms with Gasteiger partial charge >= 0.3 is 39.1 Å². The molecule has 3 fully saturated rings. The summed E-state index contributed by atoms with van der Waals surface area (Å²) in [5, 5.41) is 0. The van der Waals surface area contributed by atoms with Crippen LogP contribution in [-0.2, 0) is 98.8 Å². The van der Waals surface area contributed by atoms with Crippen LogP contribution in [-0.4, -0.2) is 129 Å². The molecule has 101 heavy (non-hydrogen) atoms. The summed E-state index contributed by atoms with van der Waals surface area (Å²) in [5.41, 5.74) is 2.27. The number of esters is 4. The Balaban J connectivity index is 1.06. The van der Waals surface area contributed by atoms with Gasteiger partial charge in [0.25, 0.3) is 0 Å². The molecule has 0 spiro atoms. The van der Waals surface area contributed by atoms with Crippen molar-refractivity contribution >= 4 is 46.4 Å². The number of benzene rings is 7. The first-order chi connectivity index (χ1) is 48.8. The van der Waals surface area contributed by atoms with E-state index in [1.807, 2.05) is 42.5 Å². The summed E-state index contributed by atoms with van der Waals surface area (Å²) >= 11 is 0. The van der Waals surface area contributed by atoms with Crippen LogP contribution in [0, 0.1) is 0 Å². The zero-order valence-electron chi connectivity index (χ0n) is 56.8. The Bertz CT molecular complexity index is 3900. The van der Waals surface area contributed by atoms with Gasteiger partial charge in [-0.05, 0) is 98.3 Å². The van der Waals surface area contributed by atoms with Gasteiger partial charge in [0.15, 0.2) is 30.4 Å². The van der Waals surface area contributed by atoms with Crippen LogP contribution in [0.5, 0.6) is 0 Å². The van der Waals surface area contributed by atoms with E-state index in [2.05, 4.69) is 6.58 Å². The van der Waals surface area contributed by atoms with Crippen LogP contribution in [0.3, 0.4) is 0 Å². The highest BCUT2D eigenvalue weighted by molar-refractivity contribution is 7.73. The number of rotatable bonds is 37. The number of carbonyl (C=O) groups excluding carboxylic acids is 4. The molecular weight excluding hydrogens is 1350 g/mol. The summed E-state index contributed by atoms with van der Waals surface area (Å²) in [4.78, 5) is 58.6. The van der Waals surface area contributed by atoms with Gasteiger partial charge in [0.2, 0.25) is 7.37 Å². The van der Waals surface area contributed by atoms with Gasteiger partial charge in [-0.15, -0.1) is 6.58 Å². The number of allylic oxidation sites excluding steroid dienone is 1. The predicted octanol–water partition coefficient (Wildman–Crippen LogP) is 15.8. The fourth-order valence-electron chi connectivity index (χ4n) is 11.8. The molecule has 13 atom stereocenters. The number of carbonyl (C=O) groups is 4. The Hall–Kier alpha value is -7.55. The van der Waals surface area contributed by atoms with Crippen LogP contribution in [0.1, 0.15) is 117 Å². The Morgan fingerprint density at radius 2 is 0.851 bits per heavy atom. The maximum Gasteiger partial charge on any atom is 0.340 e. The number of hydrogen-bond donors (Lipinski definition) is 0. The molecule has 0 bridgehead atoms. The molecule has 0 aromatic heterocycles. The second-order valence-electron chi connectivity index (χ2n) is 25.3. The second-order valence-corrected chi connectivity index (χ2v) is 32.5. The Labute approximate surface area is 589 Å². The zero-order valence-corrected chi connectivity index (χ0v) is 59.5. The molecule has 3 aliphatic heterocycles. The van der Waals surface area contributed by atoms with Crippen molar-refractivity contribution in [2.75, 3.05) is 38.6 Å². The number of ether oxygens (including phenoxy) is 9. The molecule has 21 nitrogen and oxygen atoms in total. The van der Waals surface area contributed by atoms with Crippen molar-refractivity contribution in [1.82, 2.24) is 0 Å². The minimum atomic E-state index is -4.68. The van der Waals surface area contributed by atoms with Gasteiger partial charge in [-0.3, -0.25) is 13.7 Å². The molecule has 3 unspecified atom stereocenters. The van der Waals surface area contributed by atoms with Crippen LogP contribution < -0.4 is 0 Å². The van der Waals surface area contributed by atoms with Gasteiger partial charge in [-0.2, -0.15) is 0 Å². The average Bonchev–Trinajstić information content (AvgIpc) is 1.73. The van der Waals surface area contributed by atoms with E-state index < -0.39 is 139 Å². The second kappa shape index (κ2) is 37.1. The quantitative estimate of drug-likeness (QED) is 0.0115. The van der Waals surface area contributed by atoms with E-state index in [4.69, 9.17) is 65.3 Å². The predicted molar refractivity (Wildman–Crippen MR) is 376 cm³/mol. The number of hydrogen-bond acceptors (Lipinski definition) is 21. The van der Waals surface area contributed by atoms with E-state index >= 15 is 9.13 Å². The smallest absolute Gasteiger partial charge is 0.340 e. The minimum Gasteiger partial charge on any atom is -0.459 e. The van der Waals surface area contributed by atoms with E-state index in [-0.39, 0.29) is 48.7 Å². The summed E-state index contributed by atoms with van der Waals surface area (Å²) in [5.74, 6) is -5.89. The Kier molecular flexibility index (Phi) is 27.9. The van der Waals surface area contributed by atoms with E-state index in [0.717, 1.165) is 44.1 Å². The molecular formula is C77H87O21P3. The monoisotopic (exact) mass is 1440 g/mol. The molecule has 0 aliphatic carbocycles. The molecule has 10 rings (SSSR count). The van der Waals surface area contributed by atoms with Crippen molar-refractivity contribution in [3.05, 3.63) is 264 Å². The lowest BCUT2D eigenvalue weighted by atomic mass is 9.94. The fraction of sp³-hybridized carbons (Fsp3) is 0.377. The minimum absolute atomic E-state index is 0.0241. The molecule has 536 valence electrons. The SMILES string of the molecule is C=CCCCCCCCCOP(=O)(C[C@H]1O[C@H](COC(=O)c2ccccc2)[C@@H](O[C@@H]2O[C@H](COP(=O)(CP(C)(=O)OCc3ccccc3)OCc3ccccc3)[C@H](OC(=O)c3ccccc3)[C@H](OC(=O)c3ccccc3)[C@H]2OC(=O)c2ccccc2)[C@@H]2OC(C)(C)O[C@@H]21)OCc1ccccc1. The van der Waals surface area contributed by atoms with Gasteiger partial charge in [0.1, 0.15) is 43.0 Å². The highest BCUT2D eigenvalue weighted by Gasteiger charge is 2.61. The molecule has 3 heterocycles. The Morgan fingerprint density at radius 1 is 0.436 bits per heavy atom. The molecule has 0 amide bonds. The zero-order chi connectivity index (χ0) is 71.1. The lowest BCUT2D eigenvalue weighted by Crippen LogP contribution is -2.66. The summed E-state index contributed by atoms with van der Waals surface area (Å²) < 4.78 is 137. The fourth-order valence-corrected chi connectivity index (χ4v) is 18.3. The van der Waals surface area contributed by atoms with Crippen molar-refractivity contribution < 1.29 is 98.1 Å². The first-order valence-electron chi connectivity index (χ1n) is 33.9. The third-order valence-electron chi connectivity index (χ3n) is 16.8. The van der Waals surface area contributed by atoms with Crippen molar-refractivity contribution in [3.8, 4) is 0 Å². The summed E-state index contributed by atoms with van der Waals surface area (Å²) in [6.07, 6.45) is -8.11. The van der Waals surface area contributed by atoms with Crippen LogP contribution in [0.4, 0.5) is 0 Å². The van der Waals surface area contributed by atoms with Crippen molar-refractivity contribution in [2.45, 2.75) is 146 Å². The summed E-state index contributed by atoms with van der Waals surface area (Å²) in [7, 11) is -12.8. The van der Waals surface area contributed by atoms with Gasteiger partial charge in [0.05, 0.1) is 67.6 Å². The van der Waals surface area contributed by atoms with Crippen LogP contribution >= 0.6 is 22.6 Å². The largest absolute Gasteiger partial charge is 0.459 e. The maximum absolute atomic E-state index is 15.7. The molecule has 0 radical (unpaired) electrons. The normalized spacial score (nSPS) is 23.3. The van der Waals surface area contributed by atoms with Crippen molar-refractivity contribution in [3.63, 3.8) is 0 Å². The van der Waals surface area contributed by atoms with Gasteiger partial charge in [-0.25, -0.2) is 19.2 Å². The van der Waals surface area contributed by atoms with Crippen molar-refractivity contribution in [2.24, 2.45) is 0 Å². The molecule has 0 N–H and O–H groups in total. The van der Waals surface area contributed by atoms with E-state index in [1.165, 1.54) is 43.1 Å². The standard InChI is InChI=1S/C77H87O21P3/c1-5-6-7-8-9-10-11-33-48-86-100(83,88-50-57-36-21-13-22-37-57)54-65-68-70(98-77(2,3)97-68)67(63(91-65)52-85-72(78)59-40-25-15-26-41-59)96-76-71(95-75(81)62-46-31-18-32-47-62)69(94-74(80)61-44-29-17-30-45-61)66(93-73(79)60-42-27-16-28-43-60)64(92-76)53-90-101(84,89-51-58-38-23-14-24-39-58)55-99(4,82)87-49-56-34-19-12-20-35-56/h5,12-32,34-47,63-71,76H,1,6-11,33,48-55H2,2-4H3/t63-,64-,65-,66+,67-,68-,69+,70+,71-,76+,99?,100?,101?/m1/s1. The topological polar surface area (TPSA) is 249 Å². The highest BCUT2D eigenvalue weighted by Crippen LogP contribution is 2.63. The van der Waals surface area contributed by atoms with Crippen LogP contribution in [0.2, 0.25) is 0 Å². The third kappa shape index (κ3) is 22.7. The number of fused-ring (bicyclic) bond motifs is 1. The average molecular weight is 1440 g/mol. The molecule has 7 aromatic carbocycles. The highest BCUT2D eigenvalue weighted by atomic mass is 31.2. The van der Waals surface area contributed by atoms with Gasteiger partial charge < -0.3 is 65.3 Å². The molecule has 3 aliphatic rings. The summed E-state index contributed by atoms with van der Waals surface area (Å²) in [6, 6.07) is 58.7. The molecule has 24 heteroatoms. The van der Waals surface area contributed by atoms with Gasteiger partial charge in [-0.1, -0.05) is 196 Å². The van der Waals surface area contributed by atoms with E-state index in [0.29, 0.717) is 17.5 Å². The number of unbranched alkanes of at least 4 members (excludes halogenated alkanes) is 6. The molecule has 3 saturated heterocycles. The van der Waals surface area contributed by atoms with E-state index in [9.17, 15) is 23.7 Å². The van der Waals surface area contributed by atoms with Crippen LogP contribution in [0.15, 0.2) is 225 Å². The maximum atomic E-state index is 15.7. The van der Waals surface area contributed by atoms with Gasteiger partial charge in [0, 0.05) is 6.66 Å². The summed E-state index contributed by atoms with van der Waals surface area (Å²) in [6.45, 7) is 6.59.